The fraction of sp³-hybridized carbons (Fsp3) is 0.125. The minimum Gasteiger partial charge on any atom is -0.298 e. The maximum Gasteiger partial charge on any atom is 0.153 e. The molecule has 0 spiro atoms. The molecule has 0 N–H and O–H groups in total. The Labute approximate surface area is 72.4 Å². The van der Waals surface area contributed by atoms with Gasteiger partial charge in [-0.05, 0) is 11.6 Å². The van der Waals surface area contributed by atoms with Crippen molar-refractivity contribution in [1.29, 1.82) is 0 Å². The third-order valence-electron chi connectivity index (χ3n) is 1.38. The largest absolute Gasteiger partial charge is 0.298 e. The van der Waals surface area contributed by atoms with Gasteiger partial charge in [-0.25, -0.2) is 4.39 Å². The molecule has 0 amide bonds. The molecule has 0 unspecified atom stereocenters. The molecular weight excluding hydrogens is 211 g/mol. The topological polar surface area (TPSA) is 17.1 Å². The molecule has 0 aliphatic rings. The lowest BCUT2D eigenvalue weighted by atomic mass is 10.1. The highest BCUT2D eigenvalue weighted by Crippen LogP contribution is 2.13. The van der Waals surface area contributed by atoms with Crippen molar-refractivity contribution >= 4 is 22.2 Å². The summed E-state index contributed by atoms with van der Waals surface area (Å²) in [6.45, 7) is 0. The van der Waals surface area contributed by atoms with Crippen molar-refractivity contribution in [3.8, 4) is 0 Å². The van der Waals surface area contributed by atoms with Gasteiger partial charge in [-0.3, -0.25) is 4.79 Å². The van der Waals surface area contributed by atoms with E-state index in [1.54, 1.807) is 12.1 Å². The van der Waals surface area contributed by atoms with Gasteiger partial charge in [0.25, 0.3) is 0 Å². The van der Waals surface area contributed by atoms with Crippen molar-refractivity contribution in [2.75, 3.05) is 0 Å². The molecule has 0 saturated carbocycles. The number of hydrogen-bond acceptors (Lipinski definition) is 1. The molecule has 1 nitrogen and oxygen atoms in total. The molecule has 0 aliphatic heterocycles. The summed E-state index contributed by atoms with van der Waals surface area (Å²) < 4.78 is 13.0. The second-order valence-corrected chi connectivity index (χ2v) is 2.63. The Morgan fingerprint density at radius 3 is 2.82 bits per heavy atom. The van der Waals surface area contributed by atoms with E-state index in [9.17, 15) is 9.18 Å². The van der Waals surface area contributed by atoms with Crippen molar-refractivity contribution in [3.63, 3.8) is 0 Å². The van der Waals surface area contributed by atoms with E-state index in [2.05, 4.69) is 15.9 Å². The molecule has 0 saturated heterocycles. The van der Waals surface area contributed by atoms with Crippen LogP contribution < -0.4 is 0 Å². The first-order valence-corrected chi connectivity index (χ1v) is 4.20. The van der Waals surface area contributed by atoms with Gasteiger partial charge in [0.15, 0.2) is 6.29 Å². The summed E-state index contributed by atoms with van der Waals surface area (Å²) in [5.74, 6) is -0.431. The number of carbonyl (C=O) groups excluding carboxylic acids is 1. The number of aldehydes is 1. The maximum absolute atomic E-state index is 13.0. The first-order chi connectivity index (χ1) is 5.29. The van der Waals surface area contributed by atoms with Gasteiger partial charge in [0.1, 0.15) is 5.82 Å². The van der Waals surface area contributed by atoms with Crippen LogP contribution in [0, 0.1) is 5.82 Å². The van der Waals surface area contributed by atoms with Crippen LogP contribution in [0.25, 0.3) is 0 Å². The smallest absolute Gasteiger partial charge is 0.153 e. The molecule has 0 fully saturated rings. The van der Waals surface area contributed by atoms with Crippen molar-refractivity contribution < 1.29 is 9.18 Å². The summed E-state index contributed by atoms with van der Waals surface area (Å²) in [6, 6.07) is 4.75. The predicted molar refractivity (Wildman–Crippen MR) is 44.4 cm³/mol. The quantitative estimate of drug-likeness (QED) is 0.549. The number of hydrogen-bond donors (Lipinski definition) is 0. The van der Waals surface area contributed by atoms with Gasteiger partial charge in [-0.15, -0.1) is 0 Å². The maximum atomic E-state index is 13.0. The SMILES string of the molecule is O=Cc1cccc(CBr)c1F. The van der Waals surface area contributed by atoms with Crippen molar-refractivity contribution in [3.05, 3.63) is 35.1 Å². The van der Waals surface area contributed by atoms with Crippen LogP contribution in [0.1, 0.15) is 15.9 Å². The standard InChI is InChI=1S/C8H6BrFO/c9-4-6-2-1-3-7(5-11)8(6)10/h1-3,5H,4H2. The summed E-state index contributed by atoms with van der Waals surface area (Å²) in [5, 5.41) is 0.431. The first kappa shape index (κ1) is 8.40. The van der Waals surface area contributed by atoms with Crippen molar-refractivity contribution in [2.45, 2.75) is 5.33 Å². The Balaban J connectivity index is 3.20. The third kappa shape index (κ3) is 1.66. The summed E-state index contributed by atoms with van der Waals surface area (Å²) >= 11 is 3.12. The highest BCUT2D eigenvalue weighted by atomic mass is 79.9. The minimum atomic E-state index is -0.431. The van der Waals surface area contributed by atoms with Crippen LogP contribution in [0.2, 0.25) is 0 Å². The van der Waals surface area contributed by atoms with Crippen LogP contribution in [-0.2, 0) is 5.33 Å². The Morgan fingerprint density at radius 2 is 2.27 bits per heavy atom. The number of rotatable bonds is 2. The van der Waals surface area contributed by atoms with Crippen molar-refractivity contribution in [2.24, 2.45) is 0 Å². The van der Waals surface area contributed by atoms with E-state index in [1.807, 2.05) is 0 Å². The normalized spacial score (nSPS) is 9.64. The number of alkyl halides is 1. The van der Waals surface area contributed by atoms with E-state index in [0.29, 0.717) is 17.2 Å². The van der Waals surface area contributed by atoms with Crippen LogP contribution in [-0.4, -0.2) is 6.29 Å². The van der Waals surface area contributed by atoms with Crippen molar-refractivity contribution in [1.82, 2.24) is 0 Å². The van der Waals surface area contributed by atoms with Gasteiger partial charge in [0.2, 0.25) is 0 Å². The lowest BCUT2D eigenvalue weighted by Crippen LogP contribution is -1.92. The number of benzene rings is 1. The average molecular weight is 217 g/mol. The second-order valence-electron chi connectivity index (χ2n) is 2.07. The van der Waals surface area contributed by atoms with E-state index in [1.165, 1.54) is 6.07 Å². The van der Waals surface area contributed by atoms with E-state index >= 15 is 0 Å². The van der Waals surface area contributed by atoms with Gasteiger partial charge in [-0.2, -0.15) is 0 Å². The summed E-state index contributed by atoms with van der Waals surface area (Å²) in [4.78, 5) is 10.2. The number of carbonyl (C=O) groups is 1. The number of halogens is 2. The van der Waals surface area contributed by atoms with Crippen LogP contribution in [0.15, 0.2) is 18.2 Å². The molecule has 1 aromatic rings. The zero-order valence-corrected chi connectivity index (χ0v) is 7.27. The fourth-order valence-corrected chi connectivity index (χ4v) is 1.23. The predicted octanol–water partition coefficient (Wildman–Crippen LogP) is 2.53. The molecule has 0 heterocycles. The molecule has 0 radical (unpaired) electrons. The van der Waals surface area contributed by atoms with Crippen LogP contribution >= 0.6 is 15.9 Å². The summed E-state index contributed by atoms with van der Waals surface area (Å²) in [7, 11) is 0. The molecule has 0 bridgehead atoms. The Morgan fingerprint density at radius 1 is 1.55 bits per heavy atom. The molecule has 3 heteroatoms. The van der Waals surface area contributed by atoms with Crippen LogP contribution in [0.3, 0.4) is 0 Å². The minimum absolute atomic E-state index is 0.113. The Kier molecular flexibility index (Phi) is 2.76. The van der Waals surface area contributed by atoms with Gasteiger partial charge in [-0.1, -0.05) is 28.1 Å². The highest BCUT2D eigenvalue weighted by Gasteiger charge is 2.04. The fourth-order valence-electron chi connectivity index (χ4n) is 0.794. The zero-order chi connectivity index (χ0) is 8.27. The van der Waals surface area contributed by atoms with Crippen LogP contribution in [0.4, 0.5) is 4.39 Å². The average Bonchev–Trinajstić information content (AvgIpc) is 2.05. The summed E-state index contributed by atoms with van der Waals surface area (Å²) in [6.07, 6.45) is 0.515. The summed E-state index contributed by atoms with van der Waals surface area (Å²) in [5.41, 5.74) is 0.622. The second kappa shape index (κ2) is 3.62. The van der Waals surface area contributed by atoms with E-state index < -0.39 is 5.82 Å². The third-order valence-corrected chi connectivity index (χ3v) is 1.98. The Bertz CT molecular complexity index is 273. The monoisotopic (exact) mass is 216 g/mol. The molecular formula is C8H6BrFO. The first-order valence-electron chi connectivity index (χ1n) is 3.08. The zero-order valence-electron chi connectivity index (χ0n) is 5.68. The van der Waals surface area contributed by atoms with E-state index in [0.717, 1.165) is 0 Å². The molecule has 0 aliphatic carbocycles. The van der Waals surface area contributed by atoms with Crippen LogP contribution in [0.5, 0.6) is 0 Å². The lowest BCUT2D eigenvalue weighted by Gasteiger charge is -1.98. The Hall–Kier alpha value is -0.700. The molecule has 0 atom stereocenters. The van der Waals surface area contributed by atoms with Gasteiger partial charge < -0.3 is 0 Å². The van der Waals surface area contributed by atoms with E-state index in [-0.39, 0.29) is 5.56 Å². The highest BCUT2D eigenvalue weighted by molar-refractivity contribution is 9.08. The molecule has 0 aromatic heterocycles. The molecule has 1 aromatic carbocycles. The van der Waals surface area contributed by atoms with Gasteiger partial charge in [0.05, 0.1) is 5.56 Å². The van der Waals surface area contributed by atoms with E-state index in [4.69, 9.17) is 0 Å². The molecule has 11 heavy (non-hydrogen) atoms. The lowest BCUT2D eigenvalue weighted by molar-refractivity contribution is 0.111. The van der Waals surface area contributed by atoms with Gasteiger partial charge >= 0.3 is 0 Å². The molecule has 58 valence electrons. The van der Waals surface area contributed by atoms with Gasteiger partial charge in [0, 0.05) is 5.33 Å². The molecule has 1 rings (SSSR count).